The molecule has 0 bridgehead atoms. The minimum Gasteiger partial charge on any atom is -0.497 e. The van der Waals surface area contributed by atoms with Crippen molar-refractivity contribution in [3.05, 3.63) is 59.7 Å². The fraction of sp³-hybridized carbons (Fsp3) is 0.292. The lowest BCUT2D eigenvalue weighted by atomic mass is 10.1. The van der Waals surface area contributed by atoms with E-state index in [2.05, 4.69) is 5.32 Å². The molecular weight excluding hydrogens is 406 g/mol. The Morgan fingerprint density at radius 2 is 1.78 bits per heavy atom. The van der Waals surface area contributed by atoms with Crippen molar-refractivity contribution in [3.63, 3.8) is 0 Å². The van der Waals surface area contributed by atoms with Crippen molar-refractivity contribution in [2.24, 2.45) is 0 Å². The van der Waals surface area contributed by atoms with Gasteiger partial charge < -0.3 is 25.1 Å². The summed E-state index contributed by atoms with van der Waals surface area (Å²) in [6, 6.07) is 15.5. The SMILES string of the molecule is COCCCNC(=O)c1c(N)n(CCc2ccc(OC)cc2)c2nc3ccccc3nc12. The molecule has 2 heterocycles. The summed E-state index contributed by atoms with van der Waals surface area (Å²) in [4.78, 5) is 22.5. The Balaban J connectivity index is 1.70. The van der Waals surface area contributed by atoms with Crippen LogP contribution < -0.4 is 15.8 Å². The number of rotatable bonds is 9. The molecular formula is C24H27N5O3. The molecule has 2 aromatic heterocycles. The molecule has 0 saturated carbocycles. The van der Waals surface area contributed by atoms with Crippen molar-refractivity contribution in [3.8, 4) is 5.75 Å². The van der Waals surface area contributed by atoms with Crippen molar-refractivity contribution in [2.45, 2.75) is 19.4 Å². The van der Waals surface area contributed by atoms with Crippen LogP contribution in [-0.4, -0.2) is 47.8 Å². The average molecular weight is 434 g/mol. The van der Waals surface area contributed by atoms with E-state index in [1.165, 1.54) is 0 Å². The van der Waals surface area contributed by atoms with E-state index in [0.717, 1.165) is 28.8 Å². The summed E-state index contributed by atoms with van der Waals surface area (Å²) in [6.45, 7) is 1.63. The first-order chi connectivity index (χ1) is 15.6. The van der Waals surface area contributed by atoms with Gasteiger partial charge in [-0.3, -0.25) is 4.79 Å². The molecule has 2 aromatic carbocycles. The zero-order valence-corrected chi connectivity index (χ0v) is 18.3. The lowest BCUT2D eigenvalue weighted by molar-refractivity contribution is 0.0951. The third-order valence-electron chi connectivity index (χ3n) is 5.41. The smallest absolute Gasteiger partial charge is 0.257 e. The van der Waals surface area contributed by atoms with Gasteiger partial charge in [-0.05, 0) is 42.7 Å². The summed E-state index contributed by atoms with van der Waals surface area (Å²) < 4.78 is 12.2. The monoisotopic (exact) mass is 433 g/mol. The van der Waals surface area contributed by atoms with Gasteiger partial charge in [0.2, 0.25) is 0 Å². The van der Waals surface area contributed by atoms with Gasteiger partial charge in [0.1, 0.15) is 22.6 Å². The zero-order valence-electron chi connectivity index (χ0n) is 18.3. The molecule has 32 heavy (non-hydrogen) atoms. The predicted molar refractivity (Wildman–Crippen MR) is 125 cm³/mol. The van der Waals surface area contributed by atoms with E-state index in [1.54, 1.807) is 14.2 Å². The van der Waals surface area contributed by atoms with Gasteiger partial charge in [-0.2, -0.15) is 0 Å². The van der Waals surface area contributed by atoms with Crippen LogP contribution in [0.5, 0.6) is 5.75 Å². The maximum atomic E-state index is 13.0. The Labute approximate surface area is 186 Å². The van der Waals surface area contributed by atoms with Crippen LogP contribution >= 0.6 is 0 Å². The van der Waals surface area contributed by atoms with Crippen LogP contribution in [-0.2, 0) is 17.7 Å². The van der Waals surface area contributed by atoms with Crippen LogP contribution in [0.2, 0.25) is 0 Å². The predicted octanol–water partition coefficient (Wildman–Crippen LogP) is 3.18. The van der Waals surface area contributed by atoms with Crippen LogP contribution in [0.3, 0.4) is 0 Å². The first kappa shape index (κ1) is 21.6. The molecule has 0 saturated heterocycles. The fourth-order valence-corrected chi connectivity index (χ4v) is 3.71. The number of nitrogens with zero attached hydrogens (tertiary/aromatic N) is 3. The highest BCUT2D eigenvalue weighted by atomic mass is 16.5. The summed E-state index contributed by atoms with van der Waals surface area (Å²) in [5, 5.41) is 2.92. The van der Waals surface area contributed by atoms with Crippen molar-refractivity contribution in [1.29, 1.82) is 0 Å². The molecule has 166 valence electrons. The van der Waals surface area contributed by atoms with E-state index in [4.69, 9.17) is 25.2 Å². The number of ether oxygens (including phenoxy) is 2. The number of carbonyl (C=O) groups excluding carboxylic acids is 1. The van der Waals surface area contributed by atoms with E-state index in [1.807, 2.05) is 53.1 Å². The Bertz CT molecular complexity index is 1230. The summed E-state index contributed by atoms with van der Waals surface area (Å²) in [6.07, 6.45) is 1.44. The number of nitrogen functional groups attached to an aromatic ring is 1. The number of carbonyl (C=O) groups is 1. The van der Waals surface area contributed by atoms with E-state index in [9.17, 15) is 4.79 Å². The highest BCUT2D eigenvalue weighted by Gasteiger charge is 2.23. The van der Waals surface area contributed by atoms with Gasteiger partial charge in [-0.1, -0.05) is 24.3 Å². The number of amides is 1. The number of methoxy groups -OCH3 is 2. The minimum atomic E-state index is -0.253. The Kier molecular flexibility index (Phi) is 6.51. The van der Waals surface area contributed by atoms with Crippen LogP contribution in [0.25, 0.3) is 22.2 Å². The zero-order chi connectivity index (χ0) is 22.5. The molecule has 4 rings (SSSR count). The van der Waals surface area contributed by atoms with Gasteiger partial charge in [0, 0.05) is 26.8 Å². The maximum Gasteiger partial charge on any atom is 0.257 e. The molecule has 1 amide bonds. The van der Waals surface area contributed by atoms with Crippen molar-refractivity contribution in [1.82, 2.24) is 19.9 Å². The number of hydrogen-bond donors (Lipinski definition) is 2. The second-order valence-corrected chi connectivity index (χ2v) is 7.50. The number of nitrogens with two attached hydrogens (primary N) is 1. The van der Waals surface area contributed by atoms with Gasteiger partial charge in [-0.15, -0.1) is 0 Å². The second kappa shape index (κ2) is 9.65. The molecule has 0 aliphatic carbocycles. The summed E-state index contributed by atoms with van der Waals surface area (Å²) in [7, 11) is 3.28. The lowest BCUT2D eigenvalue weighted by Gasteiger charge is -2.09. The van der Waals surface area contributed by atoms with Crippen LogP contribution in [0.15, 0.2) is 48.5 Å². The summed E-state index contributed by atoms with van der Waals surface area (Å²) >= 11 is 0. The molecule has 0 fully saturated rings. The highest BCUT2D eigenvalue weighted by Crippen LogP contribution is 2.28. The van der Waals surface area contributed by atoms with Crippen LogP contribution in [0, 0.1) is 0 Å². The standard InChI is InChI=1S/C24H27N5O3/c1-31-15-5-13-26-24(30)20-21-23(28-19-7-4-3-6-18(19)27-21)29(22(20)25)14-12-16-8-10-17(32-2)11-9-16/h3-4,6-11H,5,12-15,25H2,1-2H3,(H,26,30). The molecule has 3 N–H and O–H groups in total. The van der Waals surface area contributed by atoms with E-state index in [0.29, 0.717) is 48.7 Å². The maximum absolute atomic E-state index is 13.0. The third kappa shape index (κ3) is 4.36. The molecule has 0 aliphatic rings. The quantitative estimate of drug-likeness (QED) is 0.393. The number of hydrogen-bond acceptors (Lipinski definition) is 6. The van der Waals surface area contributed by atoms with E-state index >= 15 is 0 Å². The largest absolute Gasteiger partial charge is 0.497 e. The normalized spacial score (nSPS) is 11.2. The Hall–Kier alpha value is -3.65. The number of nitrogens with one attached hydrogen (secondary N) is 1. The molecule has 0 radical (unpaired) electrons. The van der Waals surface area contributed by atoms with E-state index in [-0.39, 0.29) is 5.91 Å². The number of aromatic nitrogens is 3. The van der Waals surface area contributed by atoms with E-state index < -0.39 is 0 Å². The molecule has 4 aromatic rings. The van der Waals surface area contributed by atoms with Crippen LogP contribution in [0.1, 0.15) is 22.3 Å². The van der Waals surface area contributed by atoms with Crippen LogP contribution in [0.4, 0.5) is 5.82 Å². The first-order valence-electron chi connectivity index (χ1n) is 10.6. The molecule has 0 unspecified atom stereocenters. The minimum absolute atomic E-state index is 0.253. The molecule has 8 nitrogen and oxygen atoms in total. The Morgan fingerprint density at radius 3 is 2.47 bits per heavy atom. The van der Waals surface area contributed by atoms with Gasteiger partial charge >= 0.3 is 0 Å². The number of anilines is 1. The van der Waals surface area contributed by atoms with Crippen molar-refractivity contribution in [2.75, 3.05) is 33.1 Å². The third-order valence-corrected chi connectivity index (χ3v) is 5.41. The van der Waals surface area contributed by atoms with Crippen molar-refractivity contribution < 1.29 is 14.3 Å². The molecule has 0 atom stereocenters. The molecule has 0 spiro atoms. The first-order valence-corrected chi connectivity index (χ1v) is 10.6. The number of aryl methyl sites for hydroxylation is 2. The number of fused-ring (bicyclic) bond motifs is 2. The molecule has 0 aliphatic heterocycles. The number of para-hydroxylation sites is 2. The summed E-state index contributed by atoms with van der Waals surface area (Å²) in [5.41, 5.74) is 10.6. The van der Waals surface area contributed by atoms with Gasteiger partial charge in [0.15, 0.2) is 5.65 Å². The second-order valence-electron chi connectivity index (χ2n) is 7.50. The number of benzene rings is 2. The topological polar surface area (TPSA) is 104 Å². The Morgan fingerprint density at radius 1 is 1.06 bits per heavy atom. The van der Waals surface area contributed by atoms with Gasteiger partial charge in [-0.25, -0.2) is 9.97 Å². The van der Waals surface area contributed by atoms with Gasteiger partial charge in [0.05, 0.1) is 18.1 Å². The fourth-order valence-electron chi connectivity index (χ4n) is 3.71. The highest BCUT2D eigenvalue weighted by molar-refractivity contribution is 6.10. The molecule has 8 heteroatoms. The summed E-state index contributed by atoms with van der Waals surface area (Å²) in [5.74, 6) is 0.925. The average Bonchev–Trinajstić information content (AvgIpc) is 3.09. The van der Waals surface area contributed by atoms with Gasteiger partial charge in [0.25, 0.3) is 5.91 Å². The lowest BCUT2D eigenvalue weighted by Crippen LogP contribution is -2.26. The van der Waals surface area contributed by atoms with Crippen molar-refractivity contribution >= 4 is 33.9 Å².